The van der Waals surface area contributed by atoms with E-state index in [1.54, 1.807) is 30.3 Å². The summed E-state index contributed by atoms with van der Waals surface area (Å²) in [4.78, 5) is 24.4. The maximum absolute atomic E-state index is 12.6. The number of esters is 1. The predicted molar refractivity (Wildman–Crippen MR) is 111 cm³/mol. The Hall–Kier alpha value is -3.33. The zero-order chi connectivity index (χ0) is 21.0. The Labute approximate surface area is 170 Å². The lowest BCUT2D eigenvalue weighted by molar-refractivity contribution is -0.112. The van der Waals surface area contributed by atoms with Gasteiger partial charge in [0.1, 0.15) is 11.6 Å². The number of nitrogens with zero attached hydrogens (tertiary/aromatic N) is 2. The molecule has 0 atom stereocenters. The Morgan fingerprint density at radius 2 is 1.97 bits per heavy atom. The van der Waals surface area contributed by atoms with Gasteiger partial charge in [0.15, 0.2) is 0 Å². The zero-order valence-electron chi connectivity index (χ0n) is 17.0. The molecule has 0 unspecified atom stereocenters. The van der Waals surface area contributed by atoms with Crippen molar-refractivity contribution in [2.45, 2.75) is 46.1 Å². The molecule has 0 aliphatic heterocycles. The number of benzene rings is 1. The predicted octanol–water partition coefficient (Wildman–Crippen LogP) is 4.55. The van der Waals surface area contributed by atoms with Crippen LogP contribution in [0, 0.1) is 25.2 Å². The van der Waals surface area contributed by atoms with Crippen LogP contribution in [0.15, 0.2) is 35.9 Å². The molecule has 1 aliphatic rings. The van der Waals surface area contributed by atoms with Crippen molar-refractivity contribution >= 4 is 23.6 Å². The SMILES string of the molecule is CCCOC(=O)c1ccc(NC(=O)/C(C#N)=C/c2cc(C)n(C3CC3)c2C)cc1. The molecule has 1 N–H and O–H groups in total. The molecule has 6 nitrogen and oxygen atoms in total. The summed E-state index contributed by atoms with van der Waals surface area (Å²) in [6.07, 6.45) is 4.74. The van der Waals surface area contributed by atoms with Crippen LogP contribution < -0.4 is 5.32 Å². The smallest absolute Gasteiger partial charge is 0.338 e. The van der Waals surface area contributed by atoms with Crippen LogP contribution in [0.5, 0.6) is 0 Å². The van der Waals surface area contributed by atoms with Gasteiger partial charge in [0.2, 0.25) is 0 Å². The fraction of sp³-hybridized carbons (Fsp3) is 0.348. The number of nitriles is 1. The summed E-state index contributed by atoms with van der Waals surface area (Å²) in [5, 5.41) is 12.2. The number of rotatable bonds is 7. The van der Waals surface area contributed by atoms with Crippen LogP contribution in [-0.2, 0) is 9.53 Å². The molecular formula is C23H25N3O3. The van der Waals surface area contributed by atoms with E-state index in [1.807, 2.05) is 32.9 Å². The number of aryl methyl sites for hydroxylation is 1. The molecule has 1 heterocycles. The molecule has 0 bridgehead atoms. The van der Waals surface area contributed by atoms with E-state index in [0.29, 0.717) is 23.9 Å². The van der Waals surface area contributed by atoms with Crippen molar-refractivity contribution in [3.63, 3.8) is 0 Å². The van der Waals surface area contributed by atoms with Crippen molar-refractivity contribution in [3.8, 4) is 6.07 Å². The molecule has 1 fully saturated rings. The van der Waals surface area contributed by atoms with Crippen LogP contribution in [-0.4, -0.2) is 23.1 Å². The fourth-order valence-corrected chi connectivity index (χ4v) is 3.31. The minimum Gasteiger partial charge on any atom is -0.462 e. The van der Waals surface area contributed by atoms with Crippen molar-refractivity contribution in [2.24, 2.45) is 0 Å². The van der Waals surface area contributed by atoms with Crippen molar-refractivity contribution < 1.29 is 14.3 Å². The normalized spacial score (nSPS) is 13.7. The topological polar surface area (TPSA) is 84.1 Å². The van der Waals surface area contributed by atoms with E-state index < -0.39 is 11.9 Å². The second-order valence-electron chi connectivity index (χ2n) is 7.26. The first-order valence-electron chi connectivity index (χ1n) is 9.83. The van der Waals surface area contributed by atoms with Crippen molar-refractivity contribution in [3.05, 3.63) is 58.4 Å². The minimum absolute atomic E-state index is 0.0347. The van der Waals surface area contributed by atoms with Gasteiger partial charge < -0.3 is 14.6 Å². The lowest BCUT2D eigenvalue weighted by atomic mass is 10.1. The van der Waals surface area contributed by atoms with Crippen LogP contribution in [0.25, 0.3) is 6.08 Å². The third-order valence-electron chi connectivity index (χ3n) is 4.92. The average Bonchev–Trinajstić information content (AvgIpc) is 3.50. The number of carbonyl (C=O) groups excluding carboxylic acids is 2. The highest BCUT2D eigenvalue weighted by Gasteiger charge is 2.26. The minimum atomic E-state index is -0.481. The maximum atomic E-state index is 12.6. The first-order valence-corrected chi connectivity index (χ1v) is 9.83. The molecule has 2 aromatic rings. The standard InChI is InChI=1S/C23H25N3O3/c1-4-11-29-23(28)17-5-7-20(8-6-17)25-22(27)19(14-24)13-18-12-15(2)26(16(18)3)21-9-10-21/h5-8,12-13,21H,4,9-11H2,1-3H3,(H,25,27)/b19-13+. The van der Waals surface area contributed by atoms with Gasteiger partial charge in [0, 0.05) is 23.1 Å². The molecule has 1 aliphatic carbocycles. The third kappa shape index (κ3) is 4.75. The van der Waals surface area contributed by atoms with Gasteiger partial charge in [-0.2, -0.15) is 5.26 Å². The van der Waals surface area contributed by atoms with Gasteiger partial charge in [-0.3, -0.25) is 4.79 Å². The van der Waals surface area contributed by atoms with Crippen LogP contribution in [0.3, 0.4) is 0 Å². The van der Waals surface area contributed by atoms with Gasteiger partial charge in [0.05, 0.1) is 12.2 Å². The average molecular weight is 391 g/mol. The van der Waals surface area contributed by atoms with Gasteiger partial charge in [0.25, 0.3) is 5.91 Å². The number of anilines is 1. The summed E-state index contributed by atoms with van der Waals surface area (Å²) in [5.74, 6) is -0.876. The lowest BCUT2D eigenvalue weighted by Gasteiger charge is -2.07. The van der Waals surface area contributed by atoms with E-state index >= 15 is 0 Å². The maximum Gasteiger partial charge on any atom is 0.338 e. The second kappa shape index (κ2) is 8.78. The van der Waals surface area contributed by atoms with E-state index in [2.05, 4.69) is 9.88 Å². The Morgan fingerprint density at radius 1 is 1.28 bits per heavy atom. The molecule has 1 aromatic heterocycles. The Kier molecular flexibility index (Phi) is 6.18. The van der Waals surface area contributed by atoms with Gasteiger partial charge >= 0.3 is 5.97 Å². The van der Waals surface area contributed by atoms with Crippen molar-refractivity contribution in [1.82, 2.24) is 4.57 Å². The summed E-state index contributed by atoms with van der Waals surface area (Å²) < 4.78 is 7.36. The molecule has 3 rings (SSSR count). The van der Waals surface area contributed by atoms with Crippen LogP contribution in [0.2, 0.25) is 0 Å². The Bertz CT molecular complexity index is 990. The number of hydrogen-bond acceptors (Lipinski definition) is 4. The molecule has 0 radical (unpaired) electrons. The quantitative estimate of drug-likeness (QED) is 0.426. The van der Waals surface area contributed by atoms with Crippen molar-refractivity contribution in [1.29, 1.82) is 5.26 Å². The van der Waals surface area contributed by atoms with E-state index in [4.69, 9.17) is 4.74 Å². The number of aromatic nitrogens is 1. The number of nitrogens with one attached hydrogen (secondary N) is 1. The molecule has 6 heteroatoms. The Morgan fingerprint density at radius 3 is 2.55 bits per heavy atom. The van der Waals surface area contributed by atoms with E-state index in [-0.39, 0.29) is 5.57 Å². The largest absolute Gasteiger partial charge is 0.462 e. The van der Waals surface area contributed by atoms with Crippen LogP contribution >= 0.6 is 0 Å². The summed E-state index contributed by atoms with van der Waals surface area (Å²) in [6, 6.07) is 11.0. The molecular weight excluding hydrogens is 366 g/mol. The molecule has 1 amide bonds. The summed E-state index contributed by atoms with van der Waals surface area (Å²) in [7, 11) is 0. The summed E-state index contributed by atoms with van der Waals surface area (Å²) in [5.41, 5.74) is 4.05. The number of carbonyl (C=O) groups is 2. The zero-order valence-corrected chi connectivity index (χ0v) is 17.0. The highest BCUT2D eigenvalue weighted by Crippen LogP contribution is 2.38. The number of hydrogen-bond donors (Lipinski definition) is 1. The summed E-state index contributed by atoms with van der Waals surface area (Å²) in [6.45, 7) is 6.35. The highest BCUT2D eigenvalue weighted by atomic mass is 16.5. The first kappa shape index (κ1) is 20.4. The van der Waals surface area contributed by atoms with E-state index in [9.17, 15) is 14.9 Å². The van der Waals surface area contributed by atoms with Crippen LogP contribution in [0.1, 0.15) is 59.5 Å². The summed E-state index contributed by atoms with van der Waals surface area (Å²) >= 11 is 0. The monoisotopic (exact) mass is 391 g/mol. The van der Waals surface area contributed by atoms with E-state index in [1.165, 1.54) is 12.8 Å². The van der Waals surface area contributed by atoms with E-state index in [0.717, 1.165) is 23.4 Å². The molecule has 0 spiro atoms. The van der Waals surface area contributed by atoms with Gasteiger partial charge in [-0.1, -0.05) is 6.92 Å². The highest BCUT2D eigenvalue weighted by molar-refractivity contribution is 6.09. The molecule has 29 heavy (non-hydrogen) atoms. The molecule has 0 saturated heterocycles. The molecule has 1 aromatic carbocycles. The van der Waals surface area contributed by atoms with Crippen molar-refractivity contribution in [2.75, 3.05) is 11.9 Å². The number of ether oxygens (including phenoxy) is 1. The van der Waals surface area contributed by atoms with Crippen LogP contribution in [0.4, 0.5) is 5.69 Å². The number of amides is 1. The first-order chi connectivity index (χ1) is 13.9. The second-order valence-corrected chi connectivity index (χ2v) is 7.26. The van der Waals surface area contributed by atoms with Gasteiger partial charge in [-0.25, -0.2) is 4.79 Å². The fourth-order valence-electron chi connectivity index (χ4n) is 3.31. The van der Waals surface area contributed by atoms with Gasteiger partial charge in [-0.15, -0.1) is 0 Å². The molecule has 150 valence electrons. The lowest BCUT2D eigenvalue weighted by Crippen LogP contribution is -2.14. The Balaban J connectivity index is 1.72. The third-order valence-corrected chi connectivity index (χ3v) is 4.92. The molecule has 1 saturated carbocycles. The van der Waals surface area contributed by atoms with Gasteiger partial charge in [-0.05, 0) is 75.1 Å².